The second kappa shape index (κ2) is 11.6. The Hall–Kier alpha value is -3.38. The van der Waals surface area contributed by atoms with Gasteiger partial charge in [-0.1, -0.05) is 53.7 Å². The van der Waals surface area contributed by atoms with Crippen molar-refractivity contribution in [3.05, 3.63) is 92.8 Å². The van der Waals surface area contributed by atoms with E-state index in [1.54, 1.807) is 19.1 Å². The summed E-state index contributed by atoms with van der Waals surface area (Å²) in [5.41, 5.74) is 3.17. The number of nitrogens with zero attached hydrogens (tertiary/aromatic N) is 2. The molecule has 6 nitrogen and oxygen atoms in total. The first-order valence-corrected chi connectivity index (χ1v) is 13.4. The predicted molar refractivity (Wildman–Crippen MR) is 149 cm³/mol. The number of anilines is 2. The normalized spacial score (nSPS) is 17.2. The van der Waals surface area contributed by atoms with Gasteiger partial charge in [0.2, 0.25) is 5.91 Å². The van der Waals surface area contributed by atoms with Crippen LogP contribution in [0.2, 0.25) is 5.02 Å². The van der Waals surface area contributed by atoms with Gasteiger partial charge in [0.05, 0.1) is 16.9 Å². The number of allylic oxidation sites excluding steroid dienone is 1. The third-order valence-electron chi connectivity index (χ3n) is 5.65. The van der Waals surface area contributed by atoms with E-state index in [4.69, 9.17) is 11.6 Å². The summed E-state index contributed by atoms with van der Waals surface area (Å²) in [6, 6.07) is 20.7. The highest BCUT2D eigenvalue weighted by Gasteiger charge is 2.39. The molecule has 0 saturated carbocycles. The Kier molecular flexibility index (Phi) is 8.26. The molecule has 4 rings (SSSR count). The van der Waals surface area contributed by atoms with Crippen LogP contribution >= 0.6 is 34.7 Å². The number of nitrogens with one attached hydrogen (secondary N) is 2. The molecule has 0 radical (unpaired) electrons. The zero-order valence-corrected chi connectivity index (χ0v) is 22.0. The lowest BCUT2D eigenvalue weighted by Gasteiger charge is -2.29. The maximum absolute atomic E-state index is 13.3. The van der Waals surface area contributed by atoms with Crippen molar-refractivity contribution in [3.8, 4) is 6.07 Å². The van der Waals surface area contributed by atoms with Gasteiger partial charge in [-0.15, -0.1) is 11.3 Å². The molecular weight excluding hydrogens is 512 g/mol. The number of rotatable bonds is 6. The van der Waals surface area contributed by atoms with Crippen molar-refractivity contribution < 1.29 is 9.59 Å². The smallest absolute Gasteiger partial charge is 0.254 e. The molecule has 182 valence electrons. The van der Waals surface area contributed by atoms with E-state index >= 15 is 0 Å². The summed E-state index contributed by atoms with van der Waals surface area (Å²) >= 11 is 8.85. The maximum Gasteiger partial charge on any atom is 0.254 e. The van der Waals surface area contributed by atoms with Crippen LogP contribution < -0.4 is 10.6 Å². The van der Waals surface area contributed by atoms with Crippen molar-refractivity contribution in [1.29, 1.82) is 5.26 Å². The number of hydrogen-bond donors (Lipinski definition) is 2. The fourth-order valence-electron chi connectivity index (χ4n) is 3.89. The quantitative estimate of drug-likeness (QED) is 0.371. The topological polar surface area (TPSA) is 94.4 Å². The minimum absolute atomic E-state index is 0.0680. The molecule has 36 heavy (non-hydrogen) atoms. The Morgan fingerprint density at radius 3 is 2.53 bits per heavy atom. The van der Waals surface area contributed by atoms with Crippen LogP contribution in [0.4, 0.5) is 11.4 Å². The number of halogens is 1. The molecular formula is C27H23ClN4O2S2. The lowest BCUT2D eigenvalue weighted by molar-refractivity contribution is -0.114. The van der Waals surface area contributed by atoms with Crippen LogP contribution in [-0.4, -0.2) is 22.6 Å². The highest BCUT2D eigenvalue weighted by atomic mass is 35.5. The minimum Gasteiger partial charge on any atom is -0.325 e. The Morgan fingerprint density at radius 1 is 1.08 bits per heavy atom. The average Bonchev–Trinajstić information content (AvgIpc) is 3.40. The summed E-state index contributed by atoms with van der Waals surface area (Å²) < 4.78 is 0. The van der Waals surface area contributed by atoms with Crippen molar-refractivity contribution in [3.63, 3.8) is 0 Å². The highest BCUT2D eigenvalue weighted by molar-refractivity contribution is 8.14. The molecule has 1 aromatic heterocycles. The standard InChI is InChI=1S/C27H23ClN4O2S2/c1-16-10-11-19(13-21(16)28)31-23(33)15-36-27-20(14-29)25(22-9-6-12-35-22)24(17(2)30-27)26(34)32-18-7-4-3-5-8-18/h3-13,20,25H,15H2,1-2H3,(H,31,33)(H,32,34). The monoisotopic (exact) mass is 534 g/mol. The summed E-state index contributed by atoms with van der Waals surface area (Å²) in [4.78, 5) is 31.5. The summed E-state index contributed by atoms with van der Waals surface area (Å²) in [6.07, 6.45) is 0. The molecule has 2 atom stereocenters. The third-order valence-corrected chi connectivity index (χ3v) is 8.06. The molecule has 0 fully saturated rings. The van der Waals surface area contributed by atoms with Crippen LogP contribution in [0.5, 0.6) is 0 Å². The molecule has 1 aliphatic rings. The Balaban J connectivity index is 1.58. The summed E-state index contributed by atoms with van der Waals surface area (Å²) in [6.45, 7) is 3.66. The van der Waals surface area contributed by atoms with Gasteiger partial charge in [-0.25, -0.2) is 4.99 Å². The van der Waals surface area contributed by atoms with E-state index < -0.39 is 11.8 Å². The fourth-order valence-corrected chi connectivity index (χ4v) is 5.86. The first kappa shape index (κ1) is 25.7. The number of thioether (sulfide) groups is 1. The van der Waals surface area contributed by atoms with Gasteiger partial charge in [0.25, 0.3) is 5.91 Å². The SMILES string of the molecule is CC1=C(C(=O)Nc2ccccc2)C(c2cccs2)C(C#N)C(SCC(=O)Nc2ccc(C)c(Cl)c2)=N1. The zero-order valence-electron chi connectivity index (χ0n) is 19.6. The van der Waals surface area contributed by atoms with Crippen LogP contribution in [0.15, 0.2) is 82.3 Å². The van der Waals surface area contributed by atoms with E-state index in [1.165, 1.54) is 23.1 Å². The first-order valence-electron chi connectivity index (χ1n) is 11.1. The van der Waals surface area contributed by atoms with Gasteiger partial charge >= 0.3 is 0 Å². The van der Waals surface area contributed by atoms with E-state index in [2.05, 4.69) is 21.7 Å². The van der Waals surface area contributed by atoms with Crippen molar-refractivity contribution in [1.82, 2.24) is 0 Å². The van der Waals surface area contributed by atoms with Gasteiger partial charge in [-0.3, -0.25) is 9.59 Å². The number of para-hydroxylation sites is 1. The van der Waals surface area contributed by atoms with Crippen LogP contribution in [0.3, 0.4) is 0 Å². The molecule has 2 unspecified atom stereocenters. The molecule has 1 aliphatic heterocycles. The van der Waals surface area contributed by atoms with Crippen molar-refractivity contribution in [2.75, 3.05) is 16.4 Å². The van der Waals surface area contributed by atoms with E-state index in [-0.39, 0.29) is 17.6 Å². The maximum atomic E-state index is 13.3. The lowest BCUT2D eigenvalue weighted by atomic mass is 9.82. The summed E-state index contributed by atoms with van der Waals surface area (Å²) in [5.74, 6) is -1.65. The number of hydrogen-bond acceptors (Lipinski definition) is 6. The van der Waals surface area contributed by atoms with Gasteiger partial charge in [0.15, 0.2) is 0 Å². The first-order chi connectivity index (χ1) is 17.4. The molecule has 2 aromatic carbocycles. The predicted octanol–water partition coefficient (Wildman–Crippen LogP) is 6.63. The number of benzene rings is 2. The molecule has 0 spiro atoms. The van der Waals surface area contributed by atoms with Crippen molar-refractivity contribution in [2.45, 2.75) is 19.8 Å². The summed E-state index contributed by atoms with van der Waals surface area (Å²) in [7, 11) is 0. The molecule has 2 heterocycles. The summed E-state index contributed by atoms with van der Waals surface area (Å²) in [5, 5.41) is 18.9. The second-order valence-electron chi connectivity index (χ2n) is 8.17. The highest BCUT2D eigenvalue weighted by Crippen LogP contribution is 2.43. The molecule has 9 heteroatoms. The van der Waals surface area contributed by atoms with E-state index in [1.807, 2.05) is 60.8 Å². The molecule has 0 saturated heterocycles. The Labute approximate surface area is 223 Å². The van der Waals surface area contributed by atoms with Gasteiger partial charge in [0.1, 0.15) is 5.92 Å². The van der Waals surface area contributed by atoms with E-state index in [9.17, 15) is 14.9 Å². The van der Waals surface area contributed by atoms with Crippen LogP contribution in [0.1, 0.15) is 23.3 Å². The van der Waals surface area contributed by atoms with Crippen LogP contribution in [-0.2, 0) is 9.59 Å². The second-order valence-corrected chi connectivity index (χ2v) is 10.6. The molecule has 2 amide bonds. The van der Waals surface area contributed by atoms with Gasteiger partial charge < -0.3 is 10.6 Å². The number of aliphatic imine (C=N–C) groups is 1. The number of nitriles is 1. The molecule has 0 bridgehead atoms. The lowest BCUT2D eigenvalue weighted by Crippen LogP contribution is -2.31. The molecule has 3 aromatic rings. The van der Waals surface area contributed by atoms with Crippen LogP contribution in [0, 0.1) is 24.2 Å². The zero-order chi connectivity index (χ0) is 25.7. The van der Waals surface area contributed by atoms with E-state index in [0.717, 1.165) is 10.4 Å². The molecule has 0 aliphatic carbocycles. The van der Waals surface area contributed by atoms with E-state index in [0.29, 0.717) is 32.7 Å². The third kappa shape index (κ3) is 5.88. The van der Waals surface area contributed by atoms with Crippen LogP contribution in [0.25, 0.3) is 0 Å². The molecule has 2 N–H and O–H groups in total. The minimum atomic E-state index is -0.699. The van der Waals surface area contributed by atoms with Gasteiger partial charge in [-0.2, -0.15) is 5.26 Å². The number of carbonyl (C=O) groups is 2. The fraction of sp³-hybridized carbons (Fsp3) is 0.185. The van der Waals surface area contributed by atoms with Gasteiger partial charge in [0, 0.05) is 38.5 Å². The van der Waals surface area contributed by atoms with Crippen molar-refractivity contribution >= 4 is 62.9 Å². The number of thiophene rings is 1. The van der Waals surface area contributed by atoms with Gasteiger partial charge in [-0.05, 0) is 55.1 Å². The Bertz CT molecular complexity index is 1380. The number of amides is 2. The average molecular weight is 535 g/mol. The Morgan fingerprint density at radius 2 is 1.86 bits per heavy atom. The largest absolute Gasteiger partial charge is 0.325 e. The number of aryl methyl sites for hydroxylation is 1. The number of carbonyl (C=O) groups excluding carboxylic acids is 2. The van der Waals surface area contributed by atoms with Crippen molar-refractivity contribution in [2.24, 2.45) is 10.9 Å².